The van der Waals surface area contributed by atoms with Gasteiger partial charge in [0.2, 0.25) is 0 Å². The molecule has 0 saturated carbocycles. The highest BCUT2D eigenvalue weighted by molar-refractivity contribution is 5.96. The lowest BCUT2D eigenvalue weighted by Gasteiger charge is -2.11. The van der Waals surface area contributed by atoms with Gasteiger partial charge in [-0.05, 0) is 18.4 Å². The van der Waals surface area contributed by atoms with Crippen LogP contribution in [0.4, 0.5) is 0 Å². The first-order chi connectivity index (χ1) is 10.1. The van der Waals surface area contributed by atoms with Crippen molar-refractivity contribution in [2.75, 3.05) is 0 Å². The number of hydrogen-bond acceptors (Lipinski definition) is 5. The topological polar surface area (TPSA) is 93.3 Å². The van der Waals surface area contributed by atoms with Crippen LogP contribution in [0.5, 0.6) is 0 Å². The zero-order chi connectivity index (χ0) is 15.2. The first-order valence-electron chi connectivity index (χ1n) is 6.86. The van der Waals surface area contributed by atoms with Crippen LogP contribution in [0.15, 0.2) is 35.7 Å². The molecule has 0 saturated heterocycles. The van der Waals surface area contributed by atoms with Crippen molar-refractivity contribution in [3.05, 3.63) is 36.2 Å². The third kappa shape index (κ3) is 4.06. The molecule has 21 heavy (non-hydrogen) atoms. The van der Waals surface area contributed by atoms with E-state index in [1.165, 1.54) is 0 Å². The summed E-state index contributed by atoms with van der Waals surface area (Å²) in [7, 11) is 0. The number of nitrogens with zero attached hydrogens (tertiary/aromatic N) is 3. The van der Waals surface area contributed by atoms with Gasteiger partial charge in [0, 0.05) is 18.0 Å². The minimum Gasteiger partial charge on any atom is -0.320 e. The van der Waals surface area contributed by atoms with Crippen LogP contribution < -0.4 is 11.2 Å². The van der Waals surface area contributed by atoms with Crippen molar-refractivity contribution < 1.29 is 4.79 Å². The molecular weight excluding hydrogens is 266 g/mol. The van der Waals surface area contributed by atoms with E-state index in [9.17, 15) is 4.79 Å². The molecule has 0 aliphatic heterocycles. The predicted octanol–water partition coefficient (Wildman–Crippen LogP) is 1.45. The highest BCUT2D eigenvalue weighted by Crippen LogP contribution is 2.11. The highest BCUT2D eigenvalue weighted by Gasteiger charge is 2.13. The van der Waals surface area contributed by atoms with Gasteiger partial charge in [-0.15, -0.1) is 0 Å². The van der Waals surface area contributed by atoms with Gasteiger partial charge in [0.25, 0.3) is 5.91 Å². The zero-order valence-corrected chi connectivity index (χ0v) is 12.2. The van der Waals surface area contributed by atoms with Crippen LogP contribution >= 0.6 is 0 Å². The summed E-state index contributed by atoms with van der Waals surface area (Å²) in [5, 5.41) is 3.95. The second-order valence-corrected chi connectivity index (χ2v) is 5.24. The Morgan fingerprint density at radius 1 is 1.38 bits per heavy atom. The Morgan fingerprint density at radius 2 is 2.14 bits per heavy atom. The van der Waals surface area contributed by atoms with E-state index in [0.29, 0.717) is 12.3 Å². The van der Waals surface area contributed by atoms with E-state index in [2.05, 4.69) is 20.5 Å². The van der Waals surface area contributed by atoms with E-state index in [-0.39, 0.29) is 5.91 Å². The summed E-state index contributed by atoms with van der Waals surface area (Å²) in [5.41, 5.74) is 10.6. The number of para-hydroxylation sites is 1. The lowest BCUT2D eigenvalue weighted by molar-refractivity contribution is -0.122. The molecule has 3 N–H and O–H groups in total. The fourth-order valence-electron chi connectivity index (χ4n) is 1.98. The molecule has 1 atom stereocenters. The number of hydrogen-bond donors (Lipinski definition) is 2. The van der Waals surface area contributed by atoms with E-state index in [1.54, 1.807) is 18.6 Å². The maximum Gasteiger partial charge on any atom is 0.256 e. The number of rotatable bonds is 5. The van der Waals surface area contributed by atoms with E-state index in [1.807, 2.05) is 32.0 Å². The number of nitrogens with two attached hydrogens (primary N) is 1. The van der Waals surface area contributed by atoms with Crippen molar-refractivity contribution in [1.82, 2.24) is 15.4 Å². The van der Waals surface area contributed by atoms with Crippen molar-refractivity contribution in [3.63, 3.8) is 0 Å². The average Bonchev–Trinajstić information content (AvgIpc) is 2.46. The SMILES string of the molecule is CC(C)C[C@H](N)C(=O)N/N=C/c1cccc2nccnc12. The van der Waals surface area contributed by atoms with Crippen LogP contribution in [0, 0.1) is 5.92 Å². The molecule has 0 unspecified atom stereocenters. The first kappa shape index (κ1) is 15.1. The van der Waals surface area contributed by atoms with E-state index in [0.717, 1.165) is 16.6 Å². The number of aromatic nitrogens is 2. The summed E-state index contributed by atoms with van der Waals surface area (Å²) in [6, 6.07) is 5.05. The Balaban J connectivity index is 2.05. The average molecular weight is 285 g/mol. The summed E-state index contributed by atoms with van der Waals surface area (Å²) in [5.74, 6) is 0.0781. The Kier molecular flexibility index (Phi) is 4.94. The van der Waals surface area contributed by atoms with Gasteiger partial charge in [0.1, 0.15) is 0 Å². The van der Waals surface area contributed by atoms with Crippen LogP contribution in [-0.4, -0.2) is 28.1 Å². The summed E-state index contributed by atoms with van der Waals surface area (Å²) in [4.78, 5) is 20.2. The van der Waals surface area contributed by atoms with Gasteiger partial charge < -0.3 is 5.73 Å². The fourth-order valence-corrected chi connectivity index (χ4v) is 1.98. The van der Waals surface area contributed by atoms with Crippen LogP contribution in [-0.2, 0) is 4.79 Å². The molecule has 1 aromatic heterocycles. The summed E-state index contributed by atoms with van der Waals surface area (Å²) in [6.07, 6.45) is 5.44. The number of benzene rings is 1. The molecule has 6 heteroatoms. The van der Waals surface area contributed by atoms with Gasteiger partial charge in [0.15, 0.2) is 0 Å². The Morgan fingerprint density at radius 3 is 2.90 bits per heavy atom. The third-order valence-corrected chi connectivity index (χ3v) is 2.97. The molecule has 0 aliphatic rings. The van der Waals surface area contributed by atoms with Crippen LogP contribution in [0.3, 0.4) is 0 Å². The quantitative estimate of drug-likeness (QED) is 0.642. The lowest BCUT2D eigenvalue weighted by atomic mass is 10.0. The summed E-state index contributed by atoms with van der Waals surface area (Å²) >= 11 is 0. The van der Waals surface area contributed by atoms with Crippen LogP contribution in [0.1, 0.15) is 25.8 Å². The number of carbonyl (C=O) groups is 1. The zero-order valence-electron chi connectivity index (χ0n) is 12.2. The molecule has 0 fully saturated rings. The molecule has 110 valence electrons. The second kappa shape index (κ2) is 6.90. The lowest BCUT2D eigenvalue weighted by Crippen LogP contribution is -2.39. The molecule has 6 nitrogen and oxygen atoms in total. The predicted molar refractivity (Wildman–Crippen MR) is 82.7 cm³/mol. The number of fused-ring (bicyclic) bond motifs is 1. The minimum atomic E-state index is -0.547. The van der Waals surface area contributed by atoms with Gasteiger partial charge in [-0.25, -0.2) is 5.43 Å². The van der Waals surface area contributed by atoms with Crippen LogP contribution in [0.2, 0.25) is 0 Å². The monoisotopic (exact) mass is 285 g/mol. The van der Waals surface area contributed by atoms with Gasteiger partial charge >= 0.3 is 0 Å². The van der Waals surface area contributed by atoms with Crippen molar-refractivity contribution in [3.8, 4) is 0 Å². The van der Waals surface area contributed by atoms with Gasteiger partial charge in [-0.2, -0.15) is 5.10 Å². The fraction of sp³-hybridized carbons (Fsp3) is 0.333. The Bertz CT molecular complexity index is 648. The van der Waals surface area contributed by atoms with Crippen molar-refractivity contribution >= 4 is 23.2 Å². The van der Waals surface area contributed by atoms with Crippen molar-refractivity contribution in [1.29, 1.82) is 0 Å². The molecule has 0 aliphatic carbocycles. The maximum atomic E-state index is 11.8. The van der Waals surface area contributed by atoms with Gasteiger partial charge in [0.05, 0.1) is 23.3 Å². The van der Waals surface area contributed by atoms with E-state index >= 15 is 0 Å². The highest BCUT2D eigenvalue weighted by atomic mass is 16.2. The molecule has 1 aromatic carbocycles. The van der Waals surface area contributed by atoms with Crippen molar-refractivity contribution in [2.45, 2.75) is 26.3 Å². The maximum absolute atomic E-state index is 11.8. The smallest absolute Gasteiger partial charge is 0.256 e. The Labute approximate surface area is 123 Å². The molecule has 2 aromatic rings. The van der Waals surface area contributed by atoms with E-state index in [4.69, 9.17) is 5.73 Å². The number of hydrazone groups is 1. The minimum absolute atomic E-state index is 0.286. The van der Waals surface area contributed by atoms with E-state index < -0.39 is 6.04 Å². The summed E-state index contributed by atoms with van der Waals surface area (Å²) < 4.78 is 0. The number of amides is 1. The van der Waals surface area contributed by atoms with Crippen LogP contribution in [0.25, 0.3) is 11.0 Å². The van der Waals surface area contributed by atoms with Gasteiger partial charge in [-0.3, -0.25) is 14.8 Å². The summed E-state index contributed by atoms with van der Waals surface area (Å²) in [6.45, 7) is 4.04. The normalized spacial score (nSPS) is 13.0. The molecule has 2 rings (SSSR count). The standard InChI is InChI=1S/C15H19N5O/c1-10(2)8-12(16)15(21)20-19-9-11-4-3-5-13-14(11)18-7-6-17-13/h3-7,9-10,12H,8,16H2,1-2H3,(H,20,21)/b19-9+/t12-/m0/s1. The number of carbonyl (C=O) groups excluding carboxylic acids is 1. The molecule has 0 bridgehead atoms. The largest absolute Gasteiger partial charge is 0.320 e. The van der Waals surface area contributed by atoms with Gasteiger partial charge in [-0.1, -0.05) is 26.0 Å². The Hall–Kier alpha value is -2.34. The molecular formula is C15H19N5O. The number of nitrogens with one attached hydrogen (secondary N) is 1. The molecule has 0 spiro atoms. The molecule has 1 amide bonds. The third-order valence-electron chi connectivity index (χ3n) is 2.97. The van der Waals surface area contributed by atoms with Crippen molar-refractivity contribution in [2.24, 2.45) is 16.8 Å². The molecule has 0 radical (unpaired) electrons. The first-order valence-corrected chi connectivity index (χ1v) is 6.86. The molecule has 1 heterocycles. The second-order valence-electron chi connectivity index (χ2n) is 5.24.